The van der Waals surface area contributed by atoms with E-state index in [-0.39, 0.29) is 5.82 Å². The van der Waals surface area contributed by atoms with E-state index in [0.29, 0.717) is 11.5 Å². The Labute approximate surface area is 209 Å². The lowest BCUT2D eigenvalue weighted by molar-refractivity contribution is -0.125. The van der Waals surface area contributed by atoms with Crippen molar-refractivity contribution in [3.8, 4) is 28.3 Å². The zero-order valence-corrected chi connectivity index (χ0v) is 20.1. The third-order valence-electron chi connectivity index (χ3n) is 8.62. The molecule has 4 aliphatic rings. The first-order valence-electron chi connectivity index (χ1n) is 12.8. The Morgan fingerprint density at radius 1 is 0.972 bits per heavy atom. The Morgan fingerprint density at radius 2 is 1.83 bits per heavy atom. The molecule has 4 aliphatic heterocycles. The summed E-state index contributed by atoms with van der Waals surface area (Å²) in [5.74, 6) is 0.719. The van der Waals surface area contributed by atoms with Crippen LogP contribution in [0, 0.1) is 11.2 Å². The lowest BCUT2D eigenvalue weighted by Crippen LogP contribution is -2.65. The van der Waals surface area contributed by atoms with E-state index in [1.54, 1.807) is 0 Å². The van der Waals surface area contributed by atoms with Gasteiger partial charge in [0, 0.05) is 68.0 Å². The molecule has 3 fully saturated rings. The van der Waals surface area contributed by atoms with Crippen molar-refractivity contribution < 1.29 is 9.13 Å². The summed E-state index contributed by atoms with van der Waals surface area (Å²) in [6, 6.07) is 16.4. The topological polar surface area (TPSA) is 38.5 Å². The normalized spacial score (nSPS) is 20.4. The molecule has 0 unspecified atom stereocenters. The van der Waals surface area contributed by atoms with Crippen LogP contribution in [0.15, 0.2) is 67.1 Å². The molecule has 0 saturated carbocycles. The van der Waals surface area contributed by atoms with E-state index in [1.165, 1.54) is 48.6 Å². The molecule has 2 aromatic heterocycles. The first-order chi connectivity index (χ1) is 17.6. The number of anilines is 1. The van der Waals surface area contributed by atoms with Crippen LogP contribution in [0.5, 0.6) is 0 Å². The SMILES string of the molecule is Fc1ccc(-c2cc3n(c2)Cc2cc(N4CCC5(C4)CN(C4COC4)C5)ccc2-n2ccnc2-3)cc1. The fraction of sp³-hybridized carbons (Fsp3) is 0.345. The predicted molar refractivity (Wildman–Crippen MR) is 137 cm³/mol. The summed E-state index contributed by atoms with van der Waals surface area (Å²) >= 11 is 0. The highest BCUT2D eigenvalue weighted by Crippen LogP contribution is 2.43. The first kappa shape index (κ1) is 20.7. The number of likely N-dealkylation sites (tertiary alicyclic amines) is 1. The summed E-state index contributed by atoms with van der Waals surface area (Å²) in [6.07, 6.45) is 7.35. The summed E-state index contributed by atoms with van der Waals surface area (Å²) < 4.78 is 23.4. The van der Waals surface area contributed by atoms with Gasteiger partial charge in [-0.2, -0.15) is 0 Å². The Morgan fingerprint density at radius 3 is 2.64 bits per heavy atom. The number of hydrogen-bond donors (Lipinski definition) is 0. The van der Waals surface area contributed by atoms with Crippen molar-refractivity contribution in [2.24, 2.45) is 5.41 Å². The Kier molecular flexibility index (Phi) is 4.34. The molecule has 0 bridgehead atoms. The maximum absolute atomic E-state index is 13.5. The number of halogens is 1. The molecule has 36 heavy (non-hydrogen) atoms. The van der Waals surface area contributed by atoms with Crippen LogP contribution in [0.2, 0.25) is 0 Å². The van der Waals surface area contributed by atoms with Gasteiger partial charge in [0.2, 0.25) is 0 Å². The number of benzene rings is 2. The number of aromatic nitrogens is 3. The van der Waals surface area contributed by atoms with Gasteiger partial charge in [0.1, 0.15) is 5.82 Å². The van der Waals surface area contributed by atoms with Gasteiger partial charge in [0.25, 0.3) is 0 Å². The molecule has 2 aromatic carbocycles. The Balaban J connectivity index is 1.11. The smallest absolute Gasteiger partial charge is 0.161 e. The molecular formula is C29H28FN5O. The molecule has 3 saturated heterocycles. The quantitative estimate of drug-likeness (QED) is 0.383. The highest BCUT2D eigenvalue weighted by Gasteiger charge is 2.50. The van der Waals surface area contributed by atoms with Gasteiger partial charge in [0.15, 0.2) is 5.82 Å². The molecule has 4 aromatic rings. The summed E-state index contributed by atoms with van der Waals surface area (Å²) in [6.45, 7) is 7.26. The van der Waals surface area contributed by atoms with Crippen molar-refractivity contribution in [3.63, 3.8) is 0 Å². The summed E-state index contributed by atoms with van der Waals surface area (Å²) in [5.41, 5.74) is 7.39. The second kappa shape index (κ2) is 7.54. The van der Waals surface area contributed by atoms with Gasteiger partial charge in [-0.15, -0.1) is 0 Å². The van der Waals surface area contributed by atoms with E-state index in [0.717, 1.165) is 55.5 Å². The Bertz CT molecular complexity index is 1460. The zero-order chi connectivity index (χ0) is 23.9. The monoisotopic (exact) mass is 481 g/mol. The fourth-order valence-electron chi connectivity index (χ4n) is 6.55. The molecule has 0 radical (unpaired) electrons. The van der Waals surface area contributed by atoms with Crippen LogP contribution in [0.3, 0.4) is 0 Å². The van der Waals surface area contributed by atoms with E-state index >= 15 is 0 Å². The van der Waals surface area contributed by atoms with E-state index in [2.05, 4.69) is 49.4 Å². The van der Waals surface area contributed by atoms with E-state index in [4.69, 9.17) is 9.72 Å². The van der Waals surface area contributed by atoms with Gasteiger partial charge < -0.3 is 14.2 Å². The van der Waals surface area contributed by atoms with Crippen LogP contribution in [-0.4, -0.2) is 64.5 Å². The van der Waals surface area contributed by atoms with Crippen molar-refractivity contribution in [1.29, 1.82) is 0 Å². The van der Waals surface area contributed by atoms with Crippen molar-refractivity contribution in [1.82, 2.24) is 19.0 Å². The molecule has 0 atom stereocenters. The number of nitrogens with zero attached hydrogens (tertiary/aromatic N) is 5. The van der Waals surface area contributed by atoms with Crippen molar-refractivity contribution in [2.45, 2.75) is 19.0 Å². The number of rotatable bonds is 3. The van der Waals surface area contributed by atoms with E-state index in [1.807, 2.05) is 24.5 Å². The average molecular weight is 482 g/mol. The van der Waals surface area contributed by atoms with Gasteiger partial charge in [-0.25, -0.2) is 9.37 Å². The molecule has 7 heteroatoms. The molecular weight excluding hydrogens is 453 g/mol. The molecule has 0 N–H and O–H groups in total. The second-order valence-electron chi connectivity index (χ2n) is 11.0. The summed E-state index contributed by atoms with van der Waals surface area (Å²) in [4.78, 5) is 9.89. The molecule has 0 amide bonds. The first-order valence-corrected chi connectivity index (χ1v) is 12.8. The van der Waals surface area contributed by atoms with Crippen LogP contribution in [0.4, 0.5) is 10.1 Å². The number of imidazole rings is 1. The van der Waals surface area contributed by atoms with Crippen LogP contribution in [-0.2, 0) is 11.3 Å². The molecule has 8 rings (SSSR count). The summed E-state index contributed by atoms with van der Waals surface area (Å²) in [7, 11) is 0. The van der Waals surface area contributed by atoms with Gasteiger partial charge in [-0.1, -0.05) is 12.1 Å². The molecule has 6 heterocycles. The minimum Gasteiger partial charge on any atom is -0.378 e. The standard InChI is InChI=1S/C29H28FN5O/c30-23-3-1-20(2-4-23)21-12-27-28-31-8-10-35(28)26-6-5-24(11-22(26)14-33(27)13-21)32-9-7-29(17-32)18-34(19-29)25-15-36-16-25/h1-6,8,10-13,25H,7,9,14-19H2. The number of fused-ring (bicyclic) bond motifs is 5. The minimum absolute atomic E-state index is 0.216. The maximum atomic E-state index is 13.5. The minimum atomic E-state index is -0.216. The van der Waals surface area contributed by atoms with Crippen LogP contribution in [0.1, 0.15) is 12.0 Å². The van der Waals surface area contributed by atoms with Crippen LogP contribution in [0.25, 0.3) is 28.3 Å². The molecule has 0 aliphatic carbocycles. The lowest BCUT2D eigenvalue weighted by Gasteiger charge is -2.53. The molecule has 182 valence electrons. The van der Waals surface area contributed by atoms with Gasteiger partial charge in [-0.05, 0) is 53.9 Å². The molecule has 1 spiro atoms. The second-order valence-corrected chi connectivity index (χ2v) is 11.0. The van der Waals surface area contributed by atoms with E-state index < -0.39 is 0 Å². The maximum Gasteiger partial charge on any atom is 0.161 e. The zero-order valence-electron chi connectivity index (χ0n) is 20.1. The van der Waals surface area contributed by atoms with E-state index in [9.17, 15) is 4.39 Å². The number of ether oxygens (including phenoxy) is 1. The average Bonchev–Trinajstić information content (AvgIpc) is 3.55. The third kappa shape index (κ3) is 3.12. The Hall–Kier alpha value is -3.42. The van der Waals surface area contributed by atoms with Crippen molar-refractivity contribution >= 4 is 5.69 Å². The predicted octanol–water partition coefficient (Wildman–Crippen LogP) is 4.42. The summed E-state index contributed by atoms with van der Waals surface area (Å²) in [5, 5.41) is 0. The van der Waals surface area contributed by atoms with Crippen LogP contribution < -0.4 is 4.90 Å². The number of hydrogen-bond acceptors (Lipinski definition) is 4. The highest BCUT2D eigenvalue weighted by atomic mass is 19.1. The highest BCUT2D eigenvalue weighted by molar-refractivity contribution is 5.72. The van der Waals surface area contributed by atoms with Crippen molar-refractivity contribution in [3.05, 3.63) is 78.5 Å². The van der Waals surface area contributed by atoms with Gasteiger partial charge in [0.05, 0.1) is 30.6 Å². The van der Waals surface area contributed by atoms with Crippen molar-refractivity contribution in [2.75, 3.05) is 44.3 Å². The largest absolute Gasteiger partial charge is 0.378 e. The van der Waals surface area contributed by atoms with Gasteiger partial charge >= 0.3 is 0 Å². The van der Waals surface area contributed by atoms with Gasteiger partial charge in [-0.3, -0.25) is 9.47 Å². The lowest BCUT2D eigenvalue weighted by atomic mass is 9.78. The van der Waals surface area contributed by atoms with Crippen LogP contribution >= 0.6 is 0 Å². The molecule has 6 nitrogen and oxygen atoms in total. The third-order valence-corrected chi connectivity index (χ3v) is 8.62. The fourth-order valence-corrected chi connectivity index (χ4v) is 6.55.